The number of phenolic OH excluding ortho intramolecular Hbond substituents is 1. The van der Waals surface area contributed by atoms with Crippen LogP contribution in [0.5, 0.6) is 11.5 Å². The molecule has 1 amide bonds. The molecule has 2 heterocycles. The van der Waals surface area contributed by atoms with E-state index in [2.05, 4.69) is 10.2 Å². The maximum Gasteiger partial charge on any atom is 0.301 e. The van der Waals surface area contributed by atoms with Gasteiger partial charge in [0.2, 0.25) is 5.13 Å². The first-order chi connectivity index (χ1) is 18.9. The minimum atomic E-state index is -0.973. The number of ketones is 1. The second-order valence-electron chi connectivity index (χ2n) is 8.48. The summed E-state index contributed by atoms with van der Waals surface area (Å²) in [7, 11) is 0. The van der Waals surface area contributed by atoms with Gasteiger partial charge in [-0.2, -0.15) is 0 Å². The number of anilines is 1. The Kier molecular flexibility index (Phi) is 7.87. The minimum Gasteiger partial charge on any atom is -0.508 e. The van der Waals surface area contributed by atoms with E-state index in [0.29, 0.717) is 38.6 Å². The van der Waals surface area contributed by atoms with Gasteiger partial charge < -0.3 is 14.9 Å². The molecule has 3 aromatic carbocycles. The van der Waals surface area contributed by atoms with Crippen LogP contribution in [-0.2, 0) is 15.3 Å². The van der Waals surface area contributed by atoms with Crippen molar-refractivity contribution in [2.24, 2.45) is 0 Å². The van der Waals surface area contributed by atoms with Gasteiger partial charge in [-0.3, -0.25) is 14.5 Å². The second kappa shape index (κ2) is 11.5. The van der Waals surface area contributed by atoms with Gasteiger partial charge in [0.15, 0.2) is 4.34 Å². The van der Waals surface area contributed by atoms with Gasteiger partial charge in [-0.05, 0) is 66.6 Å². The van der Waals surface area contributed by atoms with Gasteiger partial charge in [0.05, 0.1) is 18.2 Å². The fourth-order valence-electron chi connectivity index (χ4n) is 4.12. The highest BCUT2D eigenvalue weighted by atomic mass is 35.5. The van der Waals surface area contributed by atoms with Crippen LogP contribution in [0.2, 0.25) is 5.02 Å². The molecule has 1 atom stereocenters. The van der Waals surface area contributed by atoms with Gasteiger partial charge >= 0.3 is 5.91 Å². The number of phenols is 1. The molecule has 198 valence electrons. The molecule has 1 saturated heterocycles. The number of ether oxygens (including phenoxy) is 1. The molecule has 1 aliphatic rings. The molecule has 11 heteroatoms. The van der Waals surface area contributed by atoms with Crippen molar-refractivity contribution in [3.05, 3.63) is 100 Å². The van der Waals surface area contributed by atoms with Crippen LogP contribution in [0.15, 0.2) is 82.7 Å². The fraction of sp³-hybridized carbons (Fsp3) is 0.143. The normalized spacial score (nSPS) is 16.6. The van der Waals surface area contributed by atoms with Crippen LogP contribution < -0.4 is 9.64 Å². The third kappa shape index (κ3) is 5.63. The van der Waals surface area contributed by atoms with Crippen molar-refractivity contribution >= 4 is 57.3 Å². The van der Waals surface area contributed by atoms with Crippen LogP contribution in [-0.4, -0.2) is 38.7 Å². The molecule has 1 aliphatic heterocycles. The lowest BCUT2D eigenvalue weighted by molar-refractivity contribution is -0.132. The summed E-state index contributed by atoms with van der Waals surface area (Å²) in [5.41, 5.74) is 1.84. The lowest BCUT2D eigenvalue weighted by Gasteiger charge is -2.22. The Morgan fingerprint density at radius 2 is 1.72 bits per heavy atom. The Balaban J connectivity index is 1.51. The van der Waals surface area contributed by atoms with E-state index in [1.807, 2.05) is 31.2 Å². The number of aliphatic hydroxyl groups excluding tert-OH is 1. The van der Waals surface area contributed by atoms with Crippen LogP contribution in [0.4, 0.5) is 5.13 Å². The first-order valence-corrected chi connectivity index (χ1v) is 14.1. The standard InChI is InChI=1S/C28H22ClN3O5S2/c1-2-37-21-13-7-18(8-14-21)24(34)22-23(17-5-11-20(33)12-6-17)32(26(36)25(22)35)27-30-31-28(39-27)38-15-16-3-9-19(29)10-4-16/h3-14,23,33-34H,2,15H2,1H3/b24-22-. The summed E-state index contributed by atoms with van der Waals surface area (Å²) >= 11 is 8.58. The molecule has 2 N–H and O–H groups in total. The van der Waals surface area contributed by atoms with Gasteiger partial charge in [0.25, 0.3) is 5.78 Å². The highest BCUT2D eigenvalue weighted by Crippen LogP contribution is 2.44. The molecule has 39 heavy (non-hydrogen) atoms. The maximum atomic E-state index is 13.3. The Hall–Kier alpha value is -3.86. The summed E-state index contributed by atoms with van der Waals surface area (Å²) in [5.74, 6) is -0.736. The van der Waals surface area contributed by atoms with Crippen molar-refractivity contribution in [1.29, 1.82) is 0 Å². The molecule has 1 unspecified atom stereocenters. The number of rotatable bonds is 8. The zero-order valence-electron chi connectivity index (χ0n) is 20.6. The van der Waals surface area contributed by atoms with E-state index >= 15 is 0 Å². The number of carbonyl (C=O) groups excluding carboxylic acids is 2. The smallest absolute Gasteiger partial charge is 0.301 e. The Labute approximate surface area is 237 Å². The van der Waals surface area contributed by atoms with Gasteiger partial charge in [-0.1, -0.05) is 59.0 Å². The Bertz CT molecular complexity index is 1540. The molecule has 0 bridgehead atoms. The molecule has 1 fully saturated rings. The zero-order chi connectivity index (χ0) is 27.5. The van der Waals surface area contributed by atoms with E-state index in [-0.39, 0.29) is 22.2 Å². The molecule has 0 aliphatic carbocycles. The van der Waals surface area contributed by atoms with Crippen molar-refractivity contribution < 1.29 is 24.5 Å². The van der Waals surface area contributed by atoms with E-state index in [1.54, 1.807) is 36.4 Å². The lowest BCUT2D eigenvalue weighted by atomic mass is 9.95. The monoisotopic (exact) mass is 579 g/mol. The third-order valence-corrected chi connectivity index (χ3v) is 8.35. The Morgan fingerprint density at radius 1 is 1.03 bits per heavy atom. The number of amides is 1. The van der Waals surface area contributed by atoms with E-state index in [9.17, 15) is 19.8 Å². The number of carbonyl (C=O) groups is 2. The summed E-state index contributed by atoms with van der Waals surface area (Å²) in [6.07, 6.45) is 0. The van der Waals surface area contributed by atoms with E-state index in [1.165, 1.54) is 40.1 Å². The first-order valence-electron chi connectivity index (χ1n) is 11.9. The minimum absolute atomic E-state index is 0.0269. The first kappa shape index (κ1) is 26.7. The summed E-state index contributed by atoms with van der Waals surface area (Å²) in [6, 6.07) is 19.2. The van der Waals surface area contributed by atoms with Gasteiger partial charge in [0.1, 0.15) is 17.3 Å². The highest BCUT2D eigenvalue weighted by Gasteiger charge is 2.48. The zero-order valence-corrected chi connectivity index (χ0v) is 23.0. The largest absolute Gasteiger partial charge is 0.508 e. The molecule has 5 rings (SSSR count). The summed E-state index contributed by atoms with van der Waals surface area (Å²) < 4.78 is 6.07. The molecule has 0 saturated carbocycles. The molecule has 0 spiro atoms. The summed E-state index contributed by atoms with van der Waals surface area (Å²) in [5, 5.41) is 30.4. The van der Waals surface area contributed by atoms with Crippen LogP contribution in [0.3, 0.4) is 0 Å². The third-order valence-electron chi connectivity index (χ3n) is 5.97. The van der Waals surface area contributed by atoms with E-state index < -0.39 is 17.7 Å². The van der Waals surface area contributed by atoms with Gasteiger partial charge in [-0.25, -0.2) is 0 Å². The number of Topliss-reactive ketones (excluding diaryl/α,β-unsaturated/α-hetero) is 1. The topological polar surface area (TPSA) is 113 Å². The van der Waals surface area contributed by atoms with Crippen LogP contribution in [0.25, 0.3) is 5.76 Å². The molecule has 0 radical (unpaired) electrons. The highest BCUT2D eigenvalue weighted by molar-refractivity contribution is 8.00. The molecular formula is C28H22ClN3O5S2. The molecular weight excluding hydrogens is 558 g/mol. The van der Waals surface area contributed by atoms with E-state index in [4.69, 9.17) is 16.3 Å². The number of aliphatic hydroxyl groups is 1. The molecule has 4 aromatic rings. The number of hydrogen-bond acceptors (Lipinski definition) is 9. The number of hydrogen-bond donors (Lipinski definition) is 2. The Morgan fingerprint density at radius 3 is 2.38 bits per heavy atom. The molecule has 1 aromatic heterocycles. The predicted octanol–water partition coefficient (Wildman–Crippen LogP) is 6.21. The number of halogens is 1. The van der Waals surface area contributed by atoms with Crippen LogP contribution in [0, 0.1) is 0 Å². The lowest BCUT2D eigenvalue weighted by Crippen LogP contribution is -2.29. The van der Waals surface area contributed by atoms with Crippen molar-refractivity contribution in [2.75, 3.05) is 11.5 Å². The number of nitrogens with zero attached hydrogens (tertiary/aromatic N) is 3. The molecule has 8 nitrogen and oxygen atoms in total. The quantitative estimate of drug-likeness (QED) is 0.0832. The van der Waals surface area contributed by atoms with Crippen molar-refractivity contribution in [1.82, 2.24) is 10.2 Å². The van der Waals surface area contributed by atoms with E-state index in [0.717, 1.165) is 5.56 Å². The van der Waals surface area contributed by atoms with Gasteiger partial charge in [-0.15, -0.1) is 10.2 Å². The number of thioether (sulfide) groups is 1. The van der Waals surface area contributed by atoms with Crippen molar-refractivity contribution in [3.8, 4) is 11.5 Å². The predicted molar refractivity (Wildman–Crippen MR) is 151 cm³/mol. The number of aromatic hydroxyl groups is 1. The number of aromatic nitrogens is 2. The van der Waals surface area contributed by atoms with Crippen molar-refractivity contribution in [2.45, 2.75) is 23.1 Å². The summed E-state index contributed by atoms with van der Waals surface area (Å²) in [6.45, 7) is 2.35. The summed E-state index contributed by atoms with van der Waals surface area (Å²) in [4.78, 5) is 27.9. The maximum absolute atomic E-state index is 13.3. The van der Waals surface area contributed by atoms with Gasteiger partial charge in [0, 0.05) is 16.3 Å². The van der Waals surface area contributed by atoms with Crippen LogP contribution >= 0.6 is 34.7 Å². The van der Waals surface area contributed by atoms with Crippen LogP contribution in [0.1, 0.15) is 29.7 Å². The van der Waals surface area contributed by atoms with Crippen molar-refractivity contribution in [3.63, 3.8) is 0 Å². The second-order valence-corrected chi connectivity index (χ2v) is 11.1. The number of benzene rings is 3. The average molecular weight is 580 g/mol. The fourth-order valence-corrected chi connectivity index (χ4v) is 6.07. The average Bonchev–Trinajstić information content (AvgIpc) is 3.51. The SMILES string of the molecule is CCOc1ccc(/C(O)=C2/C(=O)C(=O)N(c3nnc(SCc4ccc(Cl)cc4)s3)C2c2ccc(O)cc2)cc1.